The van der Waals surface area contributed by atoms with Crippen molar-refractivity contribution in [3.63, 3.8) is 0 Å². The predicted octanol–water partition coefficient (Wildman–Crippen LogP) is 6.43. The number of anilines is 1. The summed E-state index contributed by atoms with van der Waals surface area (Å²) in [5.74, 6) is 0.961. The first-order valence-corrected chi connectivity index (χ1v) is 13.0. The van der Waals surface area contributed by atoms with Gasteiger partial charge in [0, 0.05) is 12.2 Å². The van der Waals surface area contributed by atoms with Gasteiger partial charge in [-0.3, -0.25) is 4.79 Å². The molecule has 4 rings (SSSR count). The number of ether oxygens (including phenoxy) is 1. The van der Waals surface area contributed by atoms with Gasteiger partial charge >= 0.3 is 0 Å². The molecule has 0 bridgehead atoms. The van der Waals surface area contributed by atoms with Crippen LogP contribution in [-0.4, -0.2) is 37.6 Å². The van der Waals surface area contributed by atoms with E-state index in [9.17, 15) is 4.79 Å². The standard InChI is InChI=1S/C31H38N2O2/c1-4-6-21-32(22-7-5-2)24-31(26-17-19-27(35-3)20-18-26)28-15-11-12-16-29(28)33(30(31)34)23-25-13-9-8-10-14-25/h8-20H,4-7,21-24H2,1-3H3. The van der Waals surface area contributed by atoms with Gasteiger partial charge in [-0.05, 0) is 60.8 Å². The van der Waals surface area contributed by atoms with Crippen molar-refractivity contribution in [2.45, 2.75) is 51.5 Å². The summed E-state index contributed by atoms with van der Waals surface area (Å²) in [7, 11) is 1.68. The van der Waals surface area contributed by atoms with Crippen molar-refractivity contribution in [1.29, 1.82) is 0 Å². The monoisotopic (exact) mass is 470 g/mol. The largest absolute Gasteiger partial charge is 0.497 e. The first-order chi connectivity index (χ1) is 17.1. The molecule has 0 fully saturated rings. The minimum Gasteiger partial charge on any atom is -0.497 e. The van der Waals surface area contributed by atoms with Gasteiger partial charge in [0.1, 0.15) is 11.2 Å². The molecule has 3 aromatic carbocycles. The average molecular weight is 471 g/mol. The molecule has 1 aliphatic heterocycles. The number of hydrogen-bond acceptors (Lipinski definition) is 3. The minimum atomic E-state index is -0.751. The molecule has 0 spiro atoms. The van der Waals surface area contributed by atoms with Gasteiger partial charge in [-0.1, -0.05) is 87.4 Å². The number of para-hydroxylation sites is 1. The number of carbonyl (C=O) groups excluding carboxylic acids is 1. The molecule has 0 radical (unpaired) electrons. The van der Waals surface area contributed by atoms with Crippen LogP contribution in [0.5, 0.6) is 5.75 Å². The third-order valence-corrected chi connectivity index (χ3v) is 7.15. The van der Waals surface area contributed by atoms with Gasteiger partial charge in [-0.2, -0.15) is 0 Å². The fourth-order valence-corrected chi connectivity index (χ4v) is 5.22. The maximum absolute atomic E-state index is 14.6. The van der Waals surface area contributed by atoms with E-state index < -0.39 is 5.41 Å². The Hall–Kier alpha value is -3.11. The van der Waals surface area contributed by atoms with Crippen molar-refractivity contribution in [3.8, 4) is 5.75 Å². The highest BCUT2D eigenvalue weighted by molar-refractivity contribution is 6.10. The Morgan fingerprint density at radius 3 is 2.09 bits per heavy atom. The van der Waals surface area contributed by atoms with E-state index >= 15 is 0 Å². The number of fused-ring (bicyclic) bond motifs is 1. The zero-order chi connectivity index (χ0) is 24.7. The highest BCUT2D eigenvalue weighted by Crippen LogP contribution is 2.47. The molecule has 35 heavy (non-hydrogen) atoms. The molecule has 1 unspecified atom stereocenters. The van der Waals surface area contributed by atoms with E-state index in [1.807, 2.05) is 41.3 Å². The molecule has 1 amide bonds. The number of amides is 1. The lowest BCUT2D eigenvalue weighted by atomic mass is 9.74. The molecule has 1 heterocycles. The molecule has 3 aromatic rings. The van der Waals surface area contributed by atoms with Crippen LogP contribution in [0.2, 0.25) is 0 Å². The Labute approximate surface area is 210 Å². The Morgan fingerprint density at radius 2 is 1.46 bits per heavy atom. The summed E-state index contributed by atoms with van der Waals surface area (Å²) in [6.07, 6.45) is 4.55. The Balaban J connectivity index is 1.83. The molecule has 1 aliphatic rings. The van der Waals surface area contributed by atoms with Gasteiger partial charge < -0.3 is 14.5 Å². The molecule has 4 nitrogen and oxygen atoms in total. The summed E-state index contributed by atoms with van der Waals surface area (Å²) in [6, 6.07) is 26.8. The van der Waals surface area contributed by atoms with E-state index in [0.717, 1.165) is 66.9 Å². The summed E-state index contributed by atoms with van der Waals surface area (Å²) < 4.78 is 5.44. The second kappa shape index (κ2) is 11.5. The number of rotatable bonds is 12. The van der Waals surface area contributed by atoms with E-state index in [4.69, 9.17) is 4.74 Å². The highest BCUT2D eigenvalue weighted by Gasteiger charge is 2.52. The molecule has 0 aromatic heterocycles. The normalized spacial score (nSPS) is 17.1. The van der Waals surface area contributed by atoms with Crippen molar-refractivity contribution in [1.82, 2.24) is 4.90 Å². The molecule has 0 aliphatic carbocycles. The number of hydrogen-bond donors (Lipinski definition) is 0. The van der Waals surface area contributed by atoms with E-state index in [1.165, 1.54) is 0 Å². The van der Waals surface area contributed by atoms with Crippen LogP contribution in [0.15, 0.2) is 78.9 Å². The lowest BCUT2D eigenvalue weighted by Gasteiger charge is -2.35. The molecule has 1 atom stereocenters. The van der Waals surface area contributed by atoms with Crippen LogP contribution in [0.4, 0.5) is 5.69 Å². The Kier molecular flexibility index (Phi) is 8.25. The van der Waals surface area contributed by atoms with Gasteiger partial charge in [0.15, 0.2) is 0 Å². The lowest BCUT2D eigenvalue weighted by molar-refractivity contribution is -0.122. The molecule has 184 valence electrons. The first kappa shape index (κ1) is 25.0. The van der Waals surface area contributed by atoms with Crippen LogP contribution in [0.3, 0.4) is 0 Å². The number of carbonyl (C=O) groups is 1. The van der Waals surface area contributed by atoms with Crippen LogP contribution < -0.4 is 9.64 Å². The minimum absolute atomic E-state index is 0.158. The Morgan fingerprint density at radius 1 is 0.829 bits per heavy atom. The summed E-state index contributed by atoms with van der Waals surface area (Å²) in [6.45, 7) is 7.72. The topological polar surface area (TPSA) is 32.8 Å². The first-order valence-electron chi connectivity index (χ1n) is 13.0. The third-order valence-electron chi connectivity index (χ3n) is 7.15. The number of nitrogens with zero attached hydrogens (tertiary/aromatic N) is 2. The van der Waals surface area contributed by atoms with Gasteiger partial charge in [0.05, 0.1) is 13.7 Å². The lowest BCUT2D eigenvalue weighted by Crippen LogP contribution is -2.49. The molecule has 4 heteroatoms. The second-order valence-electron chi connectivity index (χ2n) is 9.51. The average Bonchev–Trinajstić information content (AvgIpc) is 3.14. The molecular formula is C31H38N2O2. The van der Waals surface area contributed by atoms with Crippen molar-refractivity contribution in [2.75, 3.05) is 31.6 Å². The molecule has 0 saturated heterocycles. The van der Waals surface area contributed by atoms with E-state index in [2.05, 4.69) is 61.2 Å². The van der Waals surface area contributed by atoms with Crippen molar-refractivity contribution < 1.29 is 9.53 Å². The van der Waals surface area contributed by atoms with Crippen LogP contribution in [0.25, 0.3) is 0 Å². The van der Waals surface area contributed by atoms with Gasteiger partial charge in [-0.25, -0.2) is 0 Å². The quantitative estimate of drug-likeness (QED) is 0.306. The summed E-state index contributed by atoms with van der Waals surface area (Å²) in [5, 5.41) is 0. The van der Waals surface area contributed by atoms with Crippen LogP contribution in [0, 0.1) is 0 Å². The fraction of sp³-hybridized carbons (Fsp3) is 0.387. The van der Waals surface area contributed by atoms with Crippen molar-refractivity contribution >= 4 is 11.6 Å². The zero-order valence-corrected chi connectivity index (χ0v) is 21.4. The van der Waals surface area contributed by atoms with Crippen molar-refractivity contribution in [2.24, 2.45) is 0 Å². The molecule has 0 saturated carbocycles. The summed E-state index contributed by atoms with van der Waals surface area (Å²) >= 11 is 0. The van der Waals surface area contributed by atoms with Gasteiger partial charge in [0.25, 0.3) is 0 Å². The summed E-state index contributed by atoms with van der Waals surface area (Å²) in [5.41, 5.74) is 3.53. The molecular weight excluding hydrogens is 432 g/mol. The summed E-state index contributed by atoms with van der Waals surface area (Å²) in [4.78, 5) is 19.1. The number of methoxy groups -OCH3 is 1. The van der Waals surface area contributed by atoms with Crippen LogP contribution in [0.1, 0.15) is 56.2 Å². The number of unbranched alkanes of at least 4 members (excludes halogenated alkanes) is 2. The molecule has 0 N–H and O–H groups in total. The predicted molar refractivity (Wildman–Crippen MR) is 144 cm³/mol. The fourth-order valence-electron chi connectivity index (χ4n) is 5.22. The van der Waals surface area contributed by atoms with E-state index in [1.54, 1.807) is 7.11 Å². The van der Waals surface area contributed by atoms with Gasteiger partial charge in [0.2, 0.25) is 5.91 Å². The maximum atomic E-state index is 14.6. The SMILES string of the molecule is CCCCN(CCCC)CC1(c2ccc(OC)cc2)C(=O)N(Cc2ccccc2)c2ccccc21. The van der Waals surface area contributed by atoms with E-state index in [0.29, 0.717) is 13.1 Å². The maximum Gasteiger partial charge on any atom is 0.243 e. The highest BCUT2D eigenvalue weighted by atomic mass is 16.5. The third kappa shape index (κ3) is 5.13. The van der Waals surface area contributed by atoms with E-state index in [-0.39, 0.29) is 5.91 Å². The van der Waals surface area contributed by atoms with Crippen molar-refractivity contribution in [3.05, 3.63) is 95.6 Å². The van der Waals surface area contributed by atoms with Crippen LogP contribution >= 0.6 is 0 Å². The smallest absolute Gasteiger partial charge is 0.243 e. The zero-order valence-electron chi connectivity index (χ0n) is 21.4. The van der Waals surface area contributed by atoms with Gasteiger partial charge in [-0.15, -0.1) is 0 Å². The number of benzene rings is 3. The van der Waals surface area contributed by atoms with Crippen LogP contribution in [-0.2, 0) is 16.8 Å². The Bertz CT molecular complexity index is 1090. The second-order valence-corrected chi connectivity index (χ2v) is 9.51.